The van der Waals surface area contributed by atoms with Crippen LogP contribution in [-0.2, 0) is 0 Å². The number of likely N-dealkylation sites (tertiary alicyclic amines) is 1. The predicted molar refractivity (Wildman–Crippen MR) is 112 cm³/mol. The number of rotatable bonds is 6. The van der Waals surface area contributed by atoms with Gasteiger partial charge < -0.3 is 20.3 Å². The molecular formula is C21H18ClF6N3O3. The standard InChI is InChI=1S/C21H18ClF6N3O3/c1-10(21(26,27)28)34-17-6-16(29-20(33)31-8-11(7-23)9-31)15(25)5-12(17)19(32)30-18-13(22)3-2-4-14(18)24/h2-6,10-11H,7-9H2,1H3,(H,29,33)(H,30,32)/t10-/m0/s1. The summed E-state index contributed by atoms with van der Waals surface area (Å²) in [6.07, 6.45) is -7.25. The van der Waals surface area contributed by atoms with Crippen molar-refractivity contribution >= 4 is 34.9 Å². The van der Waals surface area contributed by atoms with Crippen LogP contribution in [-0.4, -0.2) is 48.9 Å². The first kappa shape index (κ1) is 25.5. The zero-order valence-corrected chi connectivity index (χ0v) is 18.2. The van der Waals surface area contributed by atoms with Gasteiger partial charge in [0.1, 0.15) is 17.4 Å². The van der Waals surface area contributed by atoms with Crippen molar-refractivity contribution in [3.05, 3.63) is 52.6 Å². The van der Waals surface area contributed by atoms with Gasteiger partial charge in [-0.15, -0.1) is 0 Å². The smallest absolute Gasteiger partial charge is 0.425 e. The van der Waals surface area contributed by atoms with Crippen molar-refractivity contribution in [1.82, 2.24) is 4.90 Å². The number of urea groups is 1. The van der Waals surface area contributed by atoms with E-state index in [2.05, 4.69) is 10.6 Å². The van der Waals surface area contributed by atoms with Crippen molar-refractivity contribution in [2.45, 2.75) is 19.2 Å². The van der Waals surface area contributed by atoms with Crippen molar-refractivity contribution in [2.75, 3.05) is 30.4 Å². The lowest BCUT2D eigenvalue weighted by Crippen LogP contribution is -2.52. The van der Waals surface area contributed by atoms with E-state index in [4.69, 9.17) is 16.3 Å². The highest BCUT2D eigenvalue weighted by atomic mass is 35.5. The minimum atomic E-state index is -4.83. The molecule has 3 amide bonds. The Kier molecular flexibility index (Phi) is 7.49. The average Bonchev–Trinajstić information content (AvgIpc) is 2.71. The minimum Gasteiger partial charge on any atom is -0.480 e. The lowest BCUT2D eigenvalue weighted by molar-refractivity contribution is -0.189. The fourth-order valence-corrected chi connectivity index (χ4v) is 3.22. The Hall–Kier alpha value is -3.15. The monoisotopic (exact) mass is 509 g/mol. The summed E-state index contributed by atoms with van der Waals surface area (Å²) in [5.74, 6) is -4.39. The van der Waals surface area contributed by atoms with Crippen LogP contribution in [0, 0.1) is 17.6 Å². The Balaban J connectivity index is 1.92. The molecule has 1 fully saturated rings. The molecule has 34 heavy (non-hydrogen) atoms. The van der Waals surface area contributed by atoms with E-state index in [0.29, 0.717) is 19.1 Å². The number of carbonyl (C=O) groups is 2. The molecule has 1 aliphatic rings. The fourth-order valence-electron chi connectivity index (χ4n) is 3.01. The van der Waals surface area contributed by atoms with Crippen LogP contribution in [0.25, 0.3) is 0 Å². The number of anilines is 2. The van der Waals surface area contributed by atoms with Gasteiger partial charge >= 0.3 is 12.2 Å². The second kappa shape index (κ2) is 10.00. The van der Waals surface area contributed by atoms with Gasteiger partial charge in [-0.2, -0.15) is 13.2 Å². The molecule has 2 N–H and O–H groups in total. The summed E-state index contributed by atoms with van der Waals surface area (Å²) in [5, 5.41) is 4.03. The first-order chi connectivity index (χ1) is 15.9. The Morgan fingerprint density at radius 2 is 1.85 bits per heavy atom. The van der Waals surface area contributed by atoms with E-state index in [9.17, 15) is 35.9 Å². The van der Waals surface area contributed by atoms with E-state index in [1.165, 1.54) is 17.0 Å². The molecule has 0 aliphatic carbocycles. The molecule has 6 nitrogen and oxygen atoms in total. The Labute approximate surface area is 194 Å². The number of nitrogens with one attached hydrogen (secondary N) is 2. The highest BCUT2D eigenvalue weighted by Gasteiger charge is 2.39. The number of carbonyl (C=O) groups excluding carboxylic acids is 2. The lowest BCUT2D eigenvalue weighted by atomic mass is 10.0. The minimum absolute atomic E-state index is 0.0856. The summed E-state index contributed by atoms with van der Waals surface area (Å²) in [6, 6.07) is 3.93. The van der Waals surface area contributed by atoms with Crippen molar-refractivity contribution in [3.8, 4) is 5.75 Å². The molecule has 1 atom stereocenters. The second-order valence-electron chi connectivity index (χ2n) is 7.54. The van der Waals surface area contributed by atoms with Crippen molar-refractivity contribution in [2.24, 2.45) is 5.92 Å². The third kappa shape index (κ3) is 5.66. The van der Waals surface area contributed by atoms with Crippen molar-refractivity contribution < 1.29 is 40.7 Å². The van der Waals surface area contributed by atoms with E-state index < -0.39 is 65.2 Å². The number of halogens is 7. The Morgan fingerprint density at radius 1 is 1.18 bits per heavy atom. The molecule has 0 unspecified atom stereocenters. The van der Waals surface area contributed by atoms with Gasteiger partial charge in [0.05, 0.1) is 28.6 Å². The van der Waals surface area contributed by atoms with Crippen LogP contribution in [0.5, 0.6) is 5.75 Å². The van der Waals surface area contributed by atoms with Gasteiger partial charge in [-0.25, -0.2) is 13.6 Å². The number of alkyl halides is 4. The summed E-state index contributed by atoms with van der Waals surface area (Å²) in [6.45, 7) is 0.195. The molecule has 3 rings (SSSR count). The van der Waals surface area contributed by atoms with E-state index in [0.717, 1.165) is 6.07 Å². The number of nitrogens with zero attached hydrogens (tertiary/aromatic N) is 1. The Morgan fingerprint density at radius 3 is 2.44 bits per heavy atom. The summed E-state index contributed by atoms with van der Waals surface area (Å²) in [5.41, 5.74) is -1.74. The second-order valence-corrected chi connectivity index (χ2v) is 7.94. The fraction of sp³-hybridized carbons (Fsp3) is 0.333. The summed E-state index contributed by atoms with van der Waals surface area (Å²) in [7, 11) is 0. The number of amides is 3. The molecule has 2 aromatic rings. The highest BCUT2D eigenvalue weighted by molar-refractivity contribution is 6.34. The Bertz CT molecular complexity index is 1070. The molecule has 1 heterocycles. The quantitative estimate of drug-likeness (QED) is 0.496. The number of benzene rings is 2. The molecule has 2 aromatic carbocycles. The highest BCUT2D eigenvalue weighted by Crippen LogP contribution is 2.33. The van der Waals surface area contributed by atoms with Crippen LogP contribution in [0.4, 0.5) is 42.5 Å². The van der Waals surface area contributed by atoms with Crippen molar-refractivity contribution in [1.29, 1.82) is 0 Å². The van der Waals surface area contributed by atoms with Crippen LogP contribution in [0.1, 0.15) is 17.3 Å². The number of para-hydroxylation sites is 1. The maximum absolute atomic E-state index is 14.7. The van der Waals surface area contributed by atoms with Crippen LogP contribution < -0.4 is 15.4 Å². The van der Waals surface area contributed by atoms with Crippen molar-refractivity contribution in [3.63, 3.8) is 0 Å². The normalized spacial score (nSPS) is 14.9. The largest absolute Gasteiger partial charge is 0.480 e. The third-order valence-corrected chi connectivity index (χ3v) is 5.30. The van der Waals surface area contributed by atoms with Gasteiger partial charge in [-0.3, -0.25) is 9.18 Å². The van der Waals surface area contributed by atoms with E-state index in [1.807, 2.05) is 0 Å². The first-order valence-corrected chi connectivity index (χ1v) is 10.2. The first-order valence-electron chi connectivity index (χ1n) is 9.84. The molecular weight excluding hydrogens is 492 g/mol. The maximum atomic E-state index is 14.7. The number of ether oxygens (including phenoxy) is 1. The topological polar surface area (TPSA) is 70.7 Å². The van der Waals surface area contributed by atoms with Gasteiger partial charge in [-0.05, 0) is 25.1 Å². The summed E-state index contributed by atoms with van der Waals surface area (Å²) < 4.78 is 85.3. The molecule has 184 valence electrons. The van der Waals surface area contributed by atoms with E-state index in [-0.39, 0.29) is 24.0 Å². The van der Waals surface area contributed by atoms with Crippen LogP contribution in [0.3, 0.4) is 0 Å². The summed E-state index contributed by atoms with van der Waals surface area (Å²) in [4.78, 5) is 26.1. The van der Waals surface area contributed by atoms with E-state index >= 15 is 0 Å². The van der Waals surface area contributed by atoms with Gasteiger partial charge in [0.15, 0.2) is 6.10 Å². The lowest BCUT2D eigenvalue weighted by Gasteiger charge is -2.37. The summed E-state index contributed by atoms with van der Waals surface area (Å²) >= 11 is 5.84. The molecule has 0 saturated carbocycles. The molecule has 0 radical (unpaired) electrons. The third-order valence-electron chi connectivity index (χ3n) is 4.98. The van der Waals surface area contributed by atoms with Gasteiger partial charge in [-0.1, -0.05) is 17.7 Å². The van der Waals surface area contributed by atoms with E-state index in [1.54, 1.807) is 0 Å². The van der Waals surface area contributed by atoms with Gasteiger partial charge in [0.25, 0.3) is 5.91 Å². The molecule has 1 aliphatic heterocycles. The maximum Gasteiger partial charge on any atom is 0.425 e. The number of hydrogen-bond acceptors (Lipinski definition) is 3. The van der Waals surface area contributed by atoms with Crippen LogP contribution >= 0.6 is 11.6 Å². The molecule has 0 spiro atoms. The molecule has 0 bridgehead atoms. The van der Waals surface area contributed by atoms with Gasteiger partial charge in [0, 0.05) is 25.1 Å². The zero-order valence-electron chi connectivity index (χ0n) is 17.5. The average molecular weight is 510 g/mol. The number of hydrogen-bond donors (Lipinski definition) is 2. The van der Waals surface area contributed by atoms with Crippen LogP contribution in [0.15, 0.2) is 30.3 Å². The molecule has 0 aromatic heterocycles. The van der Waals surface area contributed by atoms with Crippen LogP contribution in [0.2, 0.25) is 5.02 Å². The molecule has 13 heteroatoms. The molecule has 1 saturated heterocycles. The zero-order chi connectivity index (χ0) is 25.2. The SMILES string of the molecule is C[C@H](Oc1cc(NC(=O)N2CC(CF)C2)c(F)cc1C(=O)Nc1c(F)cccc1Cl)C(F)(F)F. The van der Waals surface area contributed by atoms with Gasteiger partial charge in [0.2, 0.25) is 0 Å². The predicted octanol–water partition coefficient (Wildman–Crippen LogP) is 5.63.